The predicted molar refractivity (Wildman–Crippen MR) is 77.9 cm³/mol. The monoisotopic (exact) mass is 298 g/mol. The molecule has 0 bridgehead atoms. The number of likely N-dealkylation sites (tertiary alicyclic amines) is 1. The Bertz CT molecular complexity index is 399. The van der Waals surface area contributed by atoms with Crippen LogP contribution in [0.5, 0.6) is 0 Å². The number of hydrogen-bond donors (Lipinski definition) is 3. The number of aliphatic hydroxyl groups is 1. The topological polar surface area (TPSA) is 89.9 Å². The Labute approximate surface area is 125 Å². The molecule has 1 saturated carbocycles. The van der Waals surface area contributed by atoms with Gasteiger partial charge in [0.05, 0.1) is 6.10 Å². The van der Waals surface area contributed by atoms with E-state index >= 15 is 0 Å². The molecule has 6 nitrogen and oxygen atoms in total. The van der Waals surface area contributed by atoms with Gasteiger partial charge < -0.3 is 20.4 Å². The van der Waals surface area contributed by atoms with Crippen LogP contribution in [0.1, 0.15) is 46.0 Å². The van der Waals surface area contributed by atoms with Crippen molar-refractivity contribution >= 4 is 12.0 Å². The average Bonchev–Trinajstić information content (AvgIpc) is 2.81. The second-order valence-electron chi connectivity index (χ2n) is 6.64. The highest BCUT2D eigenvalue weighted by molar-refractivity contribution is 5.83. The molecule has 4 atom stereocenters. The van der Waals surface area contributed by atoms with Gasteiger partial charge in [0.15, 0.2) is 0 Å². The van der Waals surface area contributed by atoms with E-state index in [1.165, 1.54) is 11.3 Å². The van der Waals surface area contributed by atoms with Crippen molar-refractivity contribution < 1.29 is 19.8 Å². The van der Waals surface area contributed by atoms with E-state index in [0.717, 1.165) is 19.3 Å². The van der Waals surface area contributed by atoms with Gasteiger partial charge in [0.2, 0.25) is 0 Å². The Morgan fingerprint density at radius 2 is 1.90 bits per heavy atom. The van der Waals surface area contributed by atoms with Gasteiger partial charge in [-0.25, -0.2) is 9.59 Å². The summed E-state index contributed by atoms with van der Waals surface area (Å²) in [5.74, 6) is -0.112. The van der Waals surface area contributed by atoms with Crippen molar-refractivity contribution in [1.29, 1.82) is 0 Å². The summed E-state index contributed by atoms with van der Waals surface area (Å²) in [6, 6.07) is -1.16. The standard InChI is InChI=1S/C15H26N2O4/c1-9(2)11-5-3-4-6-12(11)16-15(21)17-8-10(18)7-13(17)14(19)20/h9-13,18H,3-8H2,1-2H3,(H,16,21)(H,19,20)/t10-,11?,12?,13+/m1/s1. The molecule has 2 unspecified atom stereocenters. The van der Waals surface area contributed by atoms with Gasteiger partial charge in [-0.1, -0.05) is 26.7 Å². The number of β-amino-alcohol motifs (C(OH)–C–C–N with tert-alkyl or cyclic N) is 1. The molecule has 120 valence electrons. The highest BCUT2D eigenvalue weighted by Crippen LogP contribution is 2.30. The van der Waals surface area contributed by atoms with E-state index in [4.69, 9.17) is 5.11 Å². The van der Waals surface area contributed by atoms with Crippen molar-refractivity contribution in [2.24, 2.45) is 11.8 Å². The zero-order valence-electron chi connectivity index (χ0n) is 12.8. The van der Waals surface area contributed by atoms with Crippen LogP contribution in [0.25, 0.3) is 0 Å². The van der Waals surface area contributed by atoms with E-state index in [0.29, 0.717) is 11.8 Å². The van der Waals surface area contributed by atoms with Crippen LogP contribution in [-0.2, 0) is 4.79 Å². The van der Waals surface area contributed by atoms with Crippen molar-refractivity contribution in [2.45, 2.75) is 64.1 Å². The van der Waals surface area contributed by atoms with E-state index in [2.05, 4.69) is 19.2 Å². The molecule has 0 aromatic rings. The minimum atomic E-state index is -1.05. The molecule has 2 aliphatic rings. The van der Waals surface area contributed by atoms with Gasteiger partial charge >= 0.3 is 12.0 Å². The van der Waals surface area contributed by atoms with Crippen molar-refractivity contribution in [1.82, 2.24) is 10.2 Å². The molecule has 2 amide bonds. The lowest BCUT2D eigenvalue weighted by Crippen LogP contribution is -2.52. The number of amides is 2. The number of urea groups is 1. The number of aliphatic carboxylic acids is 1. The third kappa shape index (κ3) is 3.67. The van der Waals surface area contributed by atoms with Crippen LogP contribution in [0.3, 0.4) is 0 Å². The fourth-order valence-electron chi connectivity index (χ4n) is 3.65. The van der Waals surface area contributed by atoms with Crippen LogP contribution in [0.15, 0.2) is 0 Å². The Kier molecular flexibility index (Phi) is 5.08. The van der Waals surface area contributed by atoms with E-state index < -0.39 is 18.1 Å². The van der Waals surface area contributed by atoms with Crippen molar-refractivity contribution in [3.05, 3.63) is 0 Å². The maximum atomic E-state index is 12.4. The fraction of sp³-hybridized carbons (Fsp3) is 0.867. The Morgan fingerprint density at radius 1 is 1.24 bits per heavy atom. The molecule has 1 aliphatic heterocycles. The average molecular weight is 298 g/mol. The summed E-state index contributed by atoms with van der Waals surface area (Å²) >= 11 is 0. The second-order valence-corrected chi connectivity index (χ2v) is 6.64. The summed E-state index contributed by atoms with van der Waals surface area (Å²) in [6.45, 7) is 4.42. The number of aliphatic hydroxyl groups excluding tert-OH is 1. The fourth-order valence-corrected chi connectivity index (χ4v) is 3.65. The molecule has 0 aromatic heterocycles. The second kappa shape index (κ2) is 6.64. The van der Waals surface area contributed by atoms with Crippen LogP contribution in [0.4, 0.5) is 4.79 Å². The highest BCUT2D eigenvalue weighted by Gasteiger charge is 2.40. The Hall–Kier alpha value is -1.30. The van der Waals surface area contributed by atoms with E-state index in [9.17, 15) is 14.7 Å². The molecule has 0 spiro atoms. The van der Waals surface area contributed by atoms with Crippen LogP contribution in [0, 0.1) is 11.8 Å². The number of carboxylic acid groups (broad SMARTS) is 1. The zero-order valence-corrected chi connectivity index (χ0v) is 12.8. The summed E-state index contributed by atoms with van der Waals surface area (Å²) < 4.78 is 0. The lowest BCUT2D eigenvalue weighted by molar-refractivity contribution is -0.141. The normalized spacial score (nSPS) is 33.2. The molecule has 21 heavy (non-hydrogen) atoms. The summed E-state index contributed by atoms with van der Waals surface area (Å²) in [5.41, 5.74) is 0. The number of nitrogens with one attached hydrogen (secondary N) is 1. The summed E-state index contributed by atoms with van der Waals surface area (Å²) in [6.07, 6.45) is 3.70. The summed E-state index contributed by atoms with van der Waals surface area (Å²) in [4.78, 5) is 24.8. The largest absolute Gasteiger partial charge is 0.480 e. The van der Waals surface area contributed by atoms with Gasteiger partial charge in [-0.15, -0.1) is 0 Å². The first-order chi connectivity index (χ1) is 9.90. The first-order valence-electron chi connectivity index (χ1n) is 7.88. The number of carbonyl (C=O) groups is 2. The third-order valence-electron chi connectivity index (χ3n) is 4.81. The molecule has 1 aliphatic carbocycles. The number of carboxylic acids is 1. The van der Waals surface area contributed by atoms with E-state index in [-0.39, 0.29) is 25.0 Å². The summed E-state index contributed by atoms with van der Waals surface area (Å²) in [5, 5.41) is 21.8. The molecule has 1 heterocycles. The highest BCUT2D eigenvalue weighted by atomic mass is 16.4. The molecule has 6 heteroatoms. The zero-order chi connectivity index (χ0) is 15.6. The van der Waals surface area contributed by atoms with Gasteiger partial charge in [0.25, 0.3) is 0 Å². The number of hydrogen-bond acceptors (Lipinski definition) is 3. The third-order valence-corrected chi connectivity index (χ3v) is 4.81. The van der Waals surface area contributed by atoms with Gasteiger partial charge in [0, 0.05) is 19.0 Å². The van der Waals surface area contributed by atoms with Crippen molar-refractivity contribution in [3.8, 4) is 0 Å². The number of nitrogens with zero attached hydrogens (tertiary/aromatic N) is 1. The quantitative estimate of drug-likeness (QED) is 0.735. The Morgan fingerprint density at radius 3 is 2.52 bits per heavy atom. The SMILES string of the molecule is CC(C)C1CCCCC1NC(=O)N1C[C@H](O)C[C@H]1C(=O)O. The van der Waals surface area contributed by atoms with Gasteiger partial charge in [0.1, 0.15) is 6.04 Å². The first kappa shape index (κ1) is 16.1. The molecular weight excluding hydrogens is 272 g/mol. The molecule has 2 rings (SSSR count). The Balaban J connectivity index is 2.01. The van der Waals surface area contributed by atoms with Gasteiger partial charge in [-0.05, 0) is 24.7 Å². The van der Waals surface area contributed by atoms with E-state index in [1.54, 1.807) is 0 Å². The maximum Gasteiger partial charge on any atom is 0.326 e. The molecule has 1 saturated heterocycles. The minimum Gasteiger partial charge on any atom is -0.480 e. The van der Waals surface area contributed by atoms with Crippen LogP contribution in [0.2, 0.25) is 0 Å². The molecule has 3 N–H and O–H groups in total. The molecule has 0 aromatic carbocycles. The lowest BCUT2D eigenvalue weighted by atomic mass is 9.78. The summed E-state index contributed by atoms with van der Waals surface area (Å²) in [7, 11) is 0. The van der Waals surface area contributed by atoms with Crippen molar-refractivity contribution in [2.75, 3.05) is 6.54 Å². The molecular formula is C15H26N2O4. The molecule has 2 fully saturated rings. The number of rotatable bonds is 3. The predicted octanol–water partition coefficient (Wildman–Crippen LogP) is 1.43. The first-order valence-corrected chi connectivity index (χ1v) is 7.88. The number of carbonyl (C=O) groups excluding carboxylic acids is 1. The van der Waals surface area contributed by atoms with Gasteiger partial charge in [-0.3, -0.25) is 0 Å². The maximum absolute atomic E-state index is 12.4. The minimum absolute atomic E-state index is 0.0991. The van der Waals surface area contributed by atoms with Crippen LogP contribution < -0.4 is 5.32 Å². The van der Waals surface area contributed by atoms with Crippen LogP contribution >= 0.6 is 0 Å². The van der Waals surface area contributed by atoms with E-state index in [1.807, 2.05) is 0 Å². The van der Waals surface area contributed by atoms with Gasteiger partial charge in [-0.2, -0.15) is 0 Å². The van der Waals surface area contributed by atoms with Crippen LogP contribution in [-0.4, -0.2) is 51.8 Å². The van der Waals surface area contributed by atoms with Crippen molar-refractivity contribution in [3.63, 3.8) is 0 Å². The smallest absolute Gasteiger partial charge is 0.326 e. The molecule has 0 radical (unpaired) electrons. The lowest BCUT2D eigenvalue weighted by Gasteiger charge is -2.36.